The van der Waals surface area contributed by atoms with E-state index in [1.807, 2.05) is 34.6 Å². The summed E-state index contributed by atoms with van der Waals surface area (Å²) < 4.78 is 0. The van der Waals surface area contributed by atoms with Gasteiger partial charge in [-0.2, -0.15) is 0 Å². The summed E-state index contributed by atoms with van der Waals surface area (Å²) in [6.07, 6.45) is 7.38. The van der Waals surface area contributed by atoms with Gasteiger partial charge in [0.1, 0.15) is 5.78 Å². The van der Waals surface area contributed by atoms with E-state index in [1.165, 1.54) is 77.9 Å². The number of unbranched alkanes of at least 4 members (excludes halogenated alkanes) is 1. The van der Waals surface area contributed by atoms with Crippen LogP contribution < -0.4 is 5.32 Å². The van der Waals surface area contributed by atoms with Crippen LogP contribution in [0.1, 0.15) is 108 Å². The summed E-state index contributed by atoms with van der Waals surface area (Å²) in [5, 5.41) is 3.52. The fraction of sp³-hybridized carbons (Fsp3) is 0.900. The highest BCUT2D eigenvalue weighted by Gasteiger charge is 2.39. The average Bonchev–Trinajstić information content (AvgIpc) is 2.85. The van der Waals surface area contributed by atoms with Crippen molar-refractivity contribution in [2.45, 2.75) is 113 Å². The van der Waals surface area contributed by atoms with E-state index in [0.717, 1.165) is 5.92 Å². The zero-order chi connectivity index (χ0) is 26.8. The van der Waals surface area contributed by atoms with Gasteiger partial charge in [-0.05, 0) is 70.5 Å². The SMILES string of the molecule is C=C.CC.CCC(=O)C(C)C.CCCCN1CCN(C(C)(C)CC(C)(C)C2CCNCC2)CC1. The smallest absolute Gasteiger partial charge is 0.135 e. The highest BCUT2D eigenvalue weighted by atomic mass is 16.1. The van der Waals surface area contributed by atoms with Crippen LogP contribution in [0.5, 0.6) is 0 Å². The Morgan fingerprint density at radius 2 is 1.47 bits per heavy atom. The summed E-state index contributed by atoms with van der Waals surface area (Å²) in [5.74, 6) is 1.46. The predicted octanol–water partition coefficient (Wildman–Crippen LogP) is 7.05. The van der Waals surface area contributed by atoms with Crippen molar-refractivity contribution in [1.29, 1.82) is 0 Å². The molecule has 204 valence electrons. The van der Waals surface area contributed by atoms with Gasteiger partial charge in [0, 0.05) is 44.1 Å². The van der Waals surface area contributed by atoms with Crippen LogP contribution in [-0.2, 0) is 4.79 Å². The van der Waals surface area contributed by atoms with Gasteiger partial charge in [-0.15, -0.1) is 13.2 Å². The van der Waals surface area contributed by atoms with Crippen LogP contribution in [0, 0.1) is 17.3 Å². The maximum Gasteiger partial charge on any atom is 0.135 e. The van der Waals surface area contributed by atoms with E-state index < -0.39 is 0 Å². The lowest BCUT2D eigenvalue weighted by Crippen LogP contribution is -2.56. The van der Waals surface area contributed by atoms with E-state index in [9.17, 15) is 4.79 Å². The number of hydrogen-bond donors (Lipinski definition) is 1. The molecule has 2 saturated heterocycles. The van der Waals surface area contributed by atoms with Crippen LogP contribution in [0.15, 0.2) is 13.2 Å². The zero-order valence-corrected chi connectivity index (χ0v) is 25.1. The number of nitrogens with zero attached hydrogens (tertiary/aromatic N) is 2. The summed E-state index contributed by atoms with van der Waals surface area (Å²) >= 11 is 0. The molecule has 0 atom stereocenters. The molecule has 4 heteroatoms. The standard InChI is InChI=1S/C20H41N3.C6H12O.C2H6.C2H4/c1-6-7-12-22-13-15-23(16-14-22)20(4,5)17-19(2,3)18-8-10-21-11-9-18;1-4-6(7)5(2)3;2*1-2/h18,21H,6-17H2,1-5H3;5H,4H2,1-3H3;1-2H3;1-2H2. The average molecular weight is 482 g/mol. The molecule has 1 N–H and O–H groups in total. The number of piperidine rings is 1. The summed E-state index contributed by atoms with van der Waals surface area (Å²) in [6, 6.07) is 0. The third-order valence-electron chi connectivity index (χ3n) is 7.38. The molecule has 0 unspecified atom stereocenters. The molecule has 2 aliphatic rings. The van der Waals surface area contributed by atoms with E-state index in [1.54, 1.807) is 0 Å². The van der Waals surface area contributed by atoms with Gasteiger partial charge >= 0.3 is 0 Å². The molecule has 0 aromatic rings. The lowest BCUT2D eigenvalue weighted by molar-refractivity contribution is -0.121. The first-order valence-corrected chi connectivity index (χ1v) is 14.2. The highest BCUT2D eigenvalue weighted by molar-refractivity contribution is 5.79. The van der Waals surface area contributed by atoms with Gasteiger partial charge < -0.3 is 10.2 Å². The molecule has 2 aliphatic heterocycles. The Kier molecular flexibility index (Phi) is 20.3. The Bertz CT molecular complexity index is 487. The Labute approximate surface area is 215 Å². The van der Waals surface area contributed by atoms with E-state index >= 15 is 0 Å². The molecular weight excluding hydrogens is 418 g/mol. The van der Waals surface area contributed by atoms with Crippen molar-refractivity contribution in [3.8, 4) is 0 Å². The Balaban J connectivity index is 0. The first kappa shape index (κ1) is 35.5. The first-order chi connectivity index (χ1) is 16.0. The van der Waals surface area contributed by atoms with Crippen LogP contribution in [-0.4, -0.2) is 66.9 Å². The quantitative estimate of drug-likeness (QED) is 0.358. The maximum atomic E-state index is 10.5. The van der Waals surface area contributed by atoms with Crippen molar-refractivity contribution in [2.24, 2.45) is 17.3 Å². The third kappa shape index (κ3) is 14.0. The molecule has 0 saturated carbocycles. The van der Waals surface area contributed by atoms with Gasteiger partial charge in [0.2, 0.25) is 0 Å². The second kappa shape index (κ2) is 19.5. The van der Waals surface area contributed by atoms with Crippen molar-refractivity contribution < 1.29 is 4.79 Å². The molecule has 4 nitrogen and oxygen atoms in total. The van der Waals surface area contributed by atoms with E-state index in [0.29, 0.717) is 23.2 Å². The Hall–Kier alpha value is -0.710. The zero-order valence-electron chi connectivity index (χ0n) is 25.1. The molecule has 0 bridgehead atoms. The van der Waals surface area contributed by atoms with Gasteiger partial charge in [0.15, 0.2) is 0 Å². The number of Topliss-reactive ketones (excluding diaryl/α,β-unsaturated/α-hetero) is 1. The largest absolute Gasteiger partial charge is 0.317 e. The Morgan fingerprint density at radius 3 is 1.85 bits per heavy atom. The number of ketones is 1. The molecule has 2 rings (SSSR count). The van der Waals surface area contributed by atoms with Crippen molar-refractivity contribution in [3.05, 3.63) is 13.2 Å². The number of carbonyl (C=O) groups excluding carboxylic acids is 1. The van der Waals surface area contributed by atoms with Crippen LogP contribution in [0.4, 0.5) is 0 Å². The van der Waals surface area contributed by atoms with Crippen LogP contribution >= 0.6 is 0 Å². The fourth-order valence-corrected chi connectivity index (χ4v) is 5.34. The van der Waals surface area contributed by atoms with Crippen LogP contribution in [0.2, 0.25) is 0 Å². The number of carbonyl (C=O) groups is 1. The summed E-state index contributed by atoms with van der Waals surface area (Å²) in [4.78, 5) is 15.9. The predicted molar refractivity (Wildman–Crippen MR) is 154 cm³/mol. The van der Waals surface area contributed by atoms with Gasteiger partial charge in [0.05, 0.1) is 0 Å². The van der Waals surface area contributed by atoms with E-state index in [2.05, 4.69) is 62.9 Å². The normalized spacial score (nSPS) is 18.1. The van der Waals surface area contributed by atoms with E-state index in [4.69, 9.17) is 0 Å². The second-order valence-corrected chi connectivity index (χ2v) is 11.2. The minimum atomic E-state index is 0.227. The molecule has 0 amide bonds. The third-order valence-corrected chi connectivity index (χ3v) is 7.38. The molecule has 2 heterocycles. The molecule has 0 aliphatic carbocycles. The summed E-state index contributed by atoms with van der Waals surface area (Å²) in [6.45, 7) is 36.8. The second-order valence-electron chi connectivity index (χ2n) is 11.2. The van der Waals surface area contributed by atoms with Crippen LogP contribution in [0.25, 0.3) is 0 Å². The van der Waals surface area contributed by atoms with Gasteiger partial charge in [-0.3, -0.25) is 9.69 Å². The molecule has 0 radical (unpaired) electrons. The minimum Gasteiger partial charge on any atom is -0.317 e. The highest BCUT2D eigenvalue weighted by Crippen LogP contribution is 2.41. The van der Waals surface area contributed by atoms with Crippen molar-refractivity contribution in [2.75, 3.05) is 45.8 Å². The minimum absolute atomic E-state index is 0.227. The Morgan fingerprint density at radius 1 is 0.971 bits per heavy atom. The lowest BCUT2D eigenvalue weighted by Gasteiger charge is -2.49. The molecule has 34 heavy (non-hydrogen) atoms. The maximum absolute atomic E-state index is 10.5. The van der Waals surface area contributed by atoms with Crippen molar-refractivity contribution in [1.82, 2.24) is 15.1 Å². The molecule has 0 aromatic heterocycles. The number of nitrogens with one attached hydrogen (secondary N) is 1. The summed E-state index contributed by atoms with van der Waals surface area (Å²) in [5.41, 5.74) is 0.774. The van der Waals surface area contributed by atoms with Gasteiger partial charge in [0.25, 0.3) is 0 Å². The molecular formula is C30H63N3O. The van der Waals surface area contributed by atoms with Crippen molar-refractivity contribution in [3.63, 3.8) is 0 Å². The van der Waals surface area contributed by atoms with Crippen molar-refractivity contribution >= 4 is 5.78 Å². The first-order valence-electron chi connectivity index (χ1n) is 14.2. The van der Waals surface area contributed by atoms with Gasteiger partial charge in [-0.25, -0.2) is 0 Å². The number of rotatable bonds is 9. The topological polar surface area (TPSA) is 35.6 Å². The lowest BCUT2D eigenvalue weighted by atomic mass is 9.67. The molecule has 2 fully saturated rings. The molecule has 0 aromatic carbocycles. The van der Waals surface area contributed by atoms with Gasteiger partial charge in [-0.1, -0.05) is 61.8 Å². The summed E-state index contributed by atoms with van der Waals surface area (Å²) in [7, 11) is 0. The molecule has 0 spiro atoms. The van der Waals surface area contributed by atoms with Crippen LogP contribution in [0.3, 0.4) is 0 Å². The number of hydrogen-bond acceptors (Lipinski definition) is 4. The number of piperazine rings is 1. The monoisotopic (exact) mass is 481 g/mol. The van der Waals surface area contributed by atoms with E-state index in [-0.39, 0.29) is 5.92 Å². The fourth-order valence-electron chi connectivity index (χ4n) is 5.34.